The Hall–Kier alpha value is -2.48. The molecule has 0 aliphatic carbocycles. The fourth-order valence-electron chi connectivity index (χ4n) is 3.18. The van der Waals surface area contributed by atoms with Gasteiger partial charge in [-0.15, -0.1) is 11.8 Å². The second-order valence-electron chi connectivity index (χ2n) is 6.85. The van der Waals surface area contributed by atoms with Gasteiger partial charge in [-0.2, -0.15) is 13.2 Å². The SMILES string of the molecule is Cc1ccc(NC(=O)c2ccccc2SCC(=O)N2CCCC2)cc1C(F)(F)F. The number of alkyl halides is 3. The van der Waals surface area contributed by atoms with Crippen LogP contribution in [-0.4, -0.2) is 35.6 Å². The number of likely N-dealkylation sites (tertiary alicyclic amines) is 1. The summed E-state index contributed by atoms with van der Waals surface area (Å²) in [6.07, 6.45) is -2.48. The van der Waals surface area contributed by atoms with Crippen molar-refractivity contribution in [3.05, 3.63) is 59.2 Å². The zero-order chi connectivity index (χ0) is 21.0. The van der Waals surface area contributed by atoms with Gasteiger partial charge < -0.3 is 10.2 Å². The third kappa shape index (κ3) is 5.32. The standard InChI is InChI=1S/C21H21F3N2O2S/c1-14-8-9-15(12-17(14)21(22,23)24)25-20(28)16-6-2-3-7-18(16)29-13-19(27)26-10-4-5-11-26/h2-3,6-9,12H,4-5,10-11,13H2,1H3,(H,25,28). The average Bonchev–Trinajstić information content (AvgIpc) is 3.22. The Balaban J connectivity index is 1.72. The van der Waals surface area contributed by atoms with Crippen molar-refractivity contribution in [2.45, 2.75) is 30.8 Å². The number of hydrogen-bond donors (Lipinski definition) is 1. The van der Waals surface area contributed by atoms with Crippen molar-refractivity contribution in [2.24, 2.45) is 0 Å². The number of halogens is 3. The number of hydrogen-bond acceptors (Lipinski definition) is 3. The molecule has 2 aromatic rings. The van der Waals surface area contributed by atoms with E-state index in [9.17, 15) is 22.8 Å². The fraction of sp³-hybridized carbons (Fsp3) is 0.333. The predicted octanol–water partition coefficient (Wildman–Crippen LogP) is 4.98. The van der Waals surface area contributed by atoms with E-state index < -0.39 is 17.6 Å². The van der Waals surface area contributed by atoms with Crippen LogP contribution in [0.3, 0.4) is 0 Å². The lowest BCUT2D eigenvalue weighted by Gasteiger charge is -2.16. The number of rotatable bonds is 5. The highest BCUT2D eigenvalue weighted by molar-refractivity contribution is 8.00. The van der Waals surface area contributed by atoms with Crippen molar-refractivity contribution in [3.63, 3.8) is 0 Å². The van der Waals surface area contributed by atoms with Crippen LogP contribution in [0.1, 0.15) is 34.3 Å². The van der Waals surface area contributed by atoms with Crippen molar-refractivity contribution in [1.82, 2.24) is 4.90 Å². The zero-order valence-corrected chi connectivity index (χ0v) is 16.7. The molecule has 0 radical (unpaired) electrons. The zero-order valence-electron chi connectivity index (χ0n) is 15.9. The highest BCUT2D eigenvalue weighted by atomic mass is 32.2. The van der Waals surface area contributed by atoms with Gasteiger partial charge in [0.15, 0.2) is 0 Å². The summed E-state index contributed by atoms with van der Waals surface area (Å²) in [5.41, 5.74) is -0.303. The molecule has 1 saturated heterocycles. The fourth-order valence-corrected chi connectivity index (χ4v) is 4.13. The normalized spacial score (nSPS) is 14.1. The number of amides is 2. The molecule has 0 spiro atoms. The minimum atomic E-state index is -4.49. The Kier molecular flexibility index (Phi) is 6.52. The first kappa shape index (κ1) is 21.2. The van der Waals surface area contributed by atoms with E-state index in [4.69, 9.17) is 0 Å². The summed E-state index contributed by atoms with van der Waals surface area (Å²) in [6.45, 7) is 2.89. The lowest BCUT2D eigenvalue weighted by Crippen LogP contribution is -2.29. The number of aryl methyl sites for hydroxylation is 1. The van der Waals surface area contributed by atoms with Crippen molar-refractivity contribution < 1.29 is 22.8 Å². The van der Waals surface area contributed by atoms with E-state index in [-0.39, 0.29) is 22.9 Å². The Morgan fingerprint density at radius 3 is 2.48 bits per heavy atom. The van der Waals surface area contributed by atoms with Crippen LogP contribution in [0, 0.1) is 6.92 Å². The molecular formula is C21H21F3N2O2S. The van der Waals surface area contributed by atoms with Gasteiger partial charge in [0.05, 0.1) is 16.9 Å². The molecule has 0 bridgehead atoms. The average molecular weight is 422 g/mol. The summed E-state index contributed by atoms with van der Waals surface area (Å²) in [4.78, 5) is 27.4. The van der Waals surface area contributed by atoms with E-state index in [0.717, 1.165) is 32.0 Å². The third-order valence-electron chi connectivity index (χ3n) is 4.74. The van der Waals surface area contributed by atoms with E-state index in [1.807, 2.05) is 0 Å². The van der Waals surface area contributed by atoms with Gasteiger partial charge >= 0.3 is 6.18 Å². The Morgan fingerprint density at radius 1 is 1.10 bits per heavy atom. The molecule has 0 saturated carbocycles. The highest BCUT2D eigenvalue weighted by Gasteiger charge is 2.32. The van der Waals surface area contributed by atoms with E-state index in [1.54, 1.807) is 29.2 Å². The number of nitrogens with one attached hydrogen (secondary N) is 1. The molecule has 0 aromatic heterocycles. The topological polar surface area (TPSA) is 49.4 Å². The molecule has 2 aromatic carbocycles. The van der Waals surface area contributed by atoms with Gasteiger partial charge in [0, 0.05) is 23.7 Å². The molecule has 1 aliphatic heterocycles. The van der Waals surface area contributed by atoms with Crippen LogP contribution in [0.4, 0.5) is 18.9 Å². The Labute approximate surface area is 171 Å². The minimum Gasteiger partial charge on any atom is -0.342 e. The van der Waals surface area contributed by atoms with Crippen molar-refractivity contribution in [1.29, 1.82) is 0 Å². The van der Waals surface area contributed by atoms with Crippen LogP contribution < -0.4 is 5.32 Å². The first-order valence-electron chi connectivity index (χ1n) is 9.24. The number of carbonyl (C=O) groups excluding carboxylic acids is 2. The molecule has 1 N–H and O–H groups in total. The summed E-state index contributed by atoms with van der Waals surface area (Å²) in [6, 6.07) is 10.5. The monoisotopic (exact) mass is 422 g/mol. The first-order valence-corrected chi connectivity index (χ1v) is 10.2. The van der Waals surface area contributed by atoms with Gasteiger partial charge in [0.2, 0.25) is 5.91 Å². The van der Waals surface area contributed by atoms with Crippen LogP contribution in [-0.2, 0) is 11.0 Å². The molecule has 154 valence electrons. The van der Waals surface area contributed by atoms with Crippen LogP contribution in [0.15, 0.2) is 47.4 Å². The summed E-state index contributed by atoms with van der Waals surface area (Å²) < 4.78 is 39.3. The second kappa shape index (κ2) is 8.90. The molecule has 3 rings (SSSR count). The maximum absolute atomic E-state index is 13.1. The summed E-state index contributed by atoms with van der Waals surface area (Å²) in [5.74, 6) is -0.276. The van der Waals surface area contributed by atoms with Crippen molar-refractivity contribution in [3.8, 4) is 0 Å². The first-order chi connectivity index (χ1) is 13.8. The predicted molar refractivity (Wildman–Crippen MR) is 107 cm³/mol. The van der Waals surface area contributed by atoms with Gasteiger partial charge in [-0.05, 0) is 49.6 Å². The van der Waals surface area contributed by atoms with Gasteiger partial charge in [-0.3, -0.25) is 9.59 Å². The maximum Gasteiger partial charge on any atom is 0.416 e. The minimum absolute atomic E-state index is 0.0241. The molecular weight excluding hydrogens is 401 g/mol. The number of thioether (sulfide) groups is 1. The molecule has 1 heterocycles. The van der Waals surface area contributed by atoms with Gasteiger partial charge in [-0.25, -0.2) is 0 Å². The molecule has 0 atom stereocenters. The van der Waals surface area contributed by atoms with Gasteiger partial charge in [0.25, 0.3) is 5.91 Å². The number of nitrogens with zero attached hydrogens (tertiary/aromatic N) is 1. The molecule has 8 heteroatoms. The van der Waals surface area contributed by atoms with E-state index in [0.29, 0.717) is 10.5 Å². The highest BCUT2D eigenvalue weighted by Crippen LogP contribution is 2.33. The molecule has 1 aliphatic rings. The molecule has 1 fully saturated rings. The van der Waals surface area contributed by atoms with E-state index >= 15 is 0 Å². The summed E-state index contributed by atoms with van der Waals surface area (Å²) in [5, 5.41) is 2.53. The van der Waals surface area contributed by atoms with Crippen molar-refractivity contribution >= 4 is 29.3 Å². The molecule has 4 nitrogen and oxygen atoms in total. The van der Waals surface area contributed by atoms with Crippen LogP contribution in [0.25, 0.3) is 0 Å². The lowest BCUT2D eigenvalue weighted by atomic mass is 10.1. The molecule has 29 heavy (non-hydrogen) atoms. The van der Waals surface area contributed by atoms with E-state index in [2.05, 4.69) is 5.32 Å². The maximum atomic E-state index is 13.1. The van der Waals surface area contributed by atoms with E-state index in [1.165, 1.54) is 30.8 Å². The number of benzene rings is 2. The number of anilines is 1. The third-order valence-corrected chi connectivity index (χ3v) is 5.80. The van der Waals surface area contributed by atoms with Crippen LogP contribution in [0.2, 0.25) is 0 Å². The van der Waals surface area contributed by atoms with Crippen molar-refractivity contribution in [2.75, 3.05) is 24.2 Å². The quantitative estimate of drug-likeness (QED) is 0.692. The molecule has 2 amide bonds. The second-order valence-corrected chi connectivity index (χ2v) is 7.87. The number of carbonyl (C=O) groups is 2. The largest absolute Gasteiger partial charge is 0.416 e. The van der Waals surface area contributed by atoms with Crippen LogP contribution in [0.5, 0.6) is 0 Å². The Bertz CT molecular complexity index is 909. The Morgan fingerprint density at radius 2 is 1.79 bits per heavy atom. The summed E-state index contributed by atoms with van der Waals surface area (Å²) in [7, 11) is 0. The van der Waals surface area contributed by atoms with Gasteiger partial charge in [-0.1, -0.05) is 18.2 Å². The van der Waals surface area contributed by atoms with Crippen LogP contribution >= 0.6 is 11.8 Å². The lowest BCUT2D eigenvalue weighted by molar-refractivity contribution is -0.138. The summed E-state index contributed by atoms with van der Waals surface area (Å²) >= 11 is 1.26. The smallest absolute Gasteiger partial charge is 0.342 e. The molecule has 0 unspecified atom stereocenters. The van der Waals surface area contributed by atoms with Gasteiger partial charge in [0.1, 0.15) is 0 Å².